The van der Waals surface area contributed by atoms with Crippen molar-refractivity contribution in [3.63, 3.8) is 0 Å². The van der Waals surface area contributed by atoms with Crippen molar-refractivity contribution in [3.05, 3.63) is 0 Å². The zero-order valence-corrected chi connectivity index (χ0v) is 16.2. The molecule has 0 radical (unpaired) electrons. The first-order chi connectivity index (χ1) is 9.30. The molecule has 2 atom stereocenters. The summed E-state index contributed by atoms with van der Waals surface area (Å²) in [4.78, 5) is 4.43. The van der Waals surface area contributed by atoms with E-state index in [1.54, 1.807) is 0 Å². The summed E-state index contributed by atoms with van der Waals surface area (Å²) >= 11 is -3.90. The summed E-state index contributed by atoms with van der Waals surface area (Å²) in [6.45, 7) is 11.0. The van der Waals surface area contributed by atoms with E-state index in [4.69, 9.17) is 12.3 Å². The minimum atomic E-state index is -3.90. The third kappa shape index (κ3) is 4.79. The molecule has 7 heteroatoms. The van der Waals surface area contributed by atoms with Crippen LogP contribution >= 0.6 is 0 Å². The van der Waals surface area contributed by atoms with Crippen LogP contribution in [0.15, 0.2) is 0 Å². The van der Waals surface area contributed by atoms with Crippen LogP contribution in [0, 0.1) is 0 Å². The van der Waals surface area contributed by atoms with Crippen LogP contribution in [-0.2, 0) is 12.3 Å². The Bertz CT molecular complexity index is 325. The van der Waals surface area contributed by atoms with Crippen LogP contribution in [0.25, 0.3) is 0 Å². The van der Waals surface area contributed by atoms with Crippen LogP contribution < -0.4 is 0 Å². The quantitative estimate of drug-likeness (QED) is 0.559. The number of hydrogen-bond acceptors (Lipinski definition) is 6. The van der Waals surface area contributed by atoms with Crippen molar-refractivity contribution >= 4 is 20.0 Å². The van der Waals surface area contributed by atoms with E-state index < -0.39 is 20.0 Å². The van der Waals surface area contributed by atoms with E-state index in [2.05, 4.69) is 44.7 Å². The minimum absolute atomic E-state index is 0.0732. The number of rotatable bonds is 0. The van der Waals surface area contributed by atoms with Crippen LogP contribution in [0.3, 0.4) is 0 Å². The van der Waals surface area contributed by atoms with E-state index in [0.29, 0.717) is 13.2 Å². The van der Waals surface area contributed by atoms with E-state index in [-0.39, 0.29) is 11.7 Å². The Morgan fingerprint density at radius 2 is 1.65 bits per heavy atom. The number of nitrogens with zero attached hydrogens (tertiary/aromatic N) is 2. The Balaban J connectivity index is 2.12. The normalized spacial score (nSPS) is 38.0. The van der Waals surface area contributed by atoms with Gasteiger partial charge in [-0.1, -0.05) is 0 Å². The monoisotopic (exact) mass is 396 g/mol. The maximum absolute atomic E-state index is 6.30. The van der Waals surface area contributed by atoms with Crippen molar-refractivity contribution in [1.29, 1.82) is 0 Å². The van der Waals surface area contributed by atoms with Gasteiger partial charge in [0, 0.05) is 0 Å². The van der Waals surface area contributed by atoms with Gasteiger partial charge in [0.15, 0.2) is 0 Å². The molecule has 6 nitrogen and oxygen atoms in total. The van der Waals surface area contributed by atoms with Crippen LogP contribution in [-0.4, -0.2) is 95.0 Å². The van der Waals surface area contributed by atoms with Crippen LogP contribution in [0.2, 0.25) is 0 Å². The molecule has 0 N–H and O–H groups in total. The molecule has 2 saturated heterocycles. The molecule has 20 heavy (non-hydrogen) atoms. The molecule has 0 aromatic heterocycles. The van der Waals surface area contributed by atoms with Gasteiger partial charge in [0.1, 0.15) is 0 Å². The van der Waals surface area contributed by atoms with Gasteiger partial charge < -0.3 is 0 Å². The summed E-state index contributed by atoms with van der Waals surface area (Å²) in [7, 11) is 4.16. The van der Waals surface area contributed by atoms with E-state index in [1.165, 1.54) is 0 Å². The molecular weight excluding hydrogens is 367 g/mol. The molecule has 118 valence electrons. The molecule has 0 saturated carbocycles. The van der Waals surface area contributed by atoms with Crippen LogP contribution in [0.4, 0.5) is 0 Å². The van der Waals surface area contributed by atoms with Crippen molar-refractivity contribution in [1.82, 2.24) is 9.80 Å². The molecule has 2 unspecified atom stereocenters. The topological polar surface area (TPSA) is 43.4 Å². The summed E-state index contributed by atoms with van der Waals surface area (Å²) in [5.41, 5.74) is -0.309. The maximum atomic E-state index is 6.30. The summed E-state index contributed by atoms with van der Waals surface area (Å²) in [6.07, 6.45) is 0.0732. The fourth-order valence-corrected chi connectivity index (χ4v) is 9.54. The molecule has 2 aliphatic rings. The van der Waals surface area contributed by atoms with Crippen LogP contribution in [0.5, 0.6) is 0 Å². The van der Waals surface area contributed by atoms with E-state index in [0.717, 1.165) is 26.2 Å². The second-order valence-electron chi connectivity index (χ2n) is 6.49. The average Bonchev–Trinajstić information content (AvgIpc) is 2.23. The van der Waals surface area contributed by atoms with Crippen molar-refractivity contribution in [3.8, 4) is 0 Å². The molecule has 1 spiro atoms. The van der Waals surface area contributed by atoms with Gasteiger partial charge in [0.25, 0.3) is 0 Å². The SMILES string of the molecule is CC1CN(C)CC[O][Sn]2([O]CCN(C)CC(C)(C)[O]2)[O]1. The van der Waals surface area contributed by atoms with Crippen molar-refractivity contribution in [2.24, 2.45) is 0 Å². The average molecular weight is 395 g/mol. The predicted octanol–water partition coefficient (Wildman–Crippen LogP) is 0.546. The summed E-state index contributed by atoms with van der Waals surface area (Å²) in [5, 5.41) is 0. The molecule has 2 aliphatic heterocycles. The first-order valence-electron chi connectivity index (χ1n) is 7.33. The van der Waals surface area contributed by atoms with Crippen molar-refractivity contribution < 1.29 is 12.3 Å². The Morgan fingerprint density at radius 1 is 1.05 bits per heavy atom. The molecule has 0 bridgehead atoms. The molecule has 0 aromatic rings. The van der Waals surface area contributed by atoms with E-state index in [1.807, 2.05) is 0 Å². The van der Waals surface area contributed by atoms with E-state index in [9.17, 15) is 0 Å². The van der Waals surface area contributed by atoms with Gasteiger partial charge in [-0.3, -0.25) is 0 Å². The Morgan fingerprint density at radius 3 is 2.30 bits per heavy atom. The van der Waals surface area contributed by atoms with Gasteiger partial charge >= 0.3 is 128 Å². The Hall–Kier alpha value is 0.559. The molecule has 2 heterocycles. The standard InChI is InChI=1S/C7H15NO2.C6H13NO2.Sn/c1-7(2,10)6-8(3)4-5-9;1-6(9)5-7(2)3-4-8;/h4-6H2,1-3H3;6H,3-5H2,1-2H3;/q2*-2;+4. The van der Waals surface area contributed by atoms with Gasteiger partial charge in [-0.2, -0.15) is 0 Å². The van der Waals surface area contributed by atoms with Crippen molar-refractivity contribution in [2.45, 2.75) is 32.5 Å². The Labute approximate surface area is 128 Å². The predicted molar refractivity (Wildman–Crippen MR) is 78.4 cm³/mol. The number of likely N-dealkylation sites (N-methyl/N-ethyl adjacent to an activating group) is 2. The summed E-state index contributed by atoms with van der Waals surface area (Å²) < 4.78 is 24.6. The zero-order chi connectivity index (χ0) is 14.8. The van der Waals surface area contributed by atoms with Gasteiger partial charge in [-0.25, -0.2) is 0 Å². The zero-order valence-electron chi connectivity index (χ0n) is 13.3. The van der Waals surface area contributed by atoms with Gasteiger partial charge in [0.05, 0.1) is 0 Å². The van der Waals surface area contributed by atoms with Gasteiger partial charge in [-0.05, 0) is 0 Å². The Kier molecular flexibility index (Phi) is 5.72. The second-order valence-corrected chi connectivity index (χ2v) is 12.2. The number of hydrogen-bond donors (Lipinski definition) is 0. The molecule has 0 amide bonds. The van der Waals surface area contributed by atoms with Gasteiger partial charge in [-0.15, -0.1) is 0 Å². The summed E-state index contributed by atoms with van der Waals surface area (Å²) in [6, 6.07) is 0. The first kappa shape index (κ1) is 16.9. The fraction of sp³-hybridized carbons (Fsp3) is 1.00. The first-order valence-corrected chi connectivity index (χ1v) is 12.0. The molecule has 0 aromatic carbocycles. The third-order valence-corrected chi connectivity index (χ3v) is 10.9. The third-order valence-electron chi connectivity index (χ3n) is 3.47. The van der Waals surface area contributed by atoms with Crippen molar-refractivity contribution in [2.75, 3.05) is 53.5 Å². The van der Waals surface area contributed by atoms with E-state index >= 15 is 0 Å². The second kappa shape index (κ2) is 6.76. The van der Waals surface area contributed by atoms with Crippen LogP contribution in [0.1, 0.15) is 20.8 Å². The van der Waals surface area contributed by atoms with Gasteiger partial charge in [0.2, 0.25) is 0 Å². The summed E-state index contributed by atoms with van der Waals surface area (Å²) in [5.74, 6) is 0. The molecular formula is C13H28N2O4Sn. The molecule has 2 fully saturated rings. The fourth-order valence-electron chi connectivity index (χ4n) is 2.76. The molecule has 2 rings (SSSR count). The molecule has 0 aliphatic carbocycles.